The Kier molecular flexibility index (Phi) is 8.36. The molecule has 32 heavy (non-hydrogen) atoms. The van der Waals surface area contributed by atoms with Gasteiger partial charge in [-0.25, -0.2) is 0 Å². The molecule has 8 heteroatoms. The van der Waals surface area contributed by atoms with Crippen molar-refractivity contribution in [3.05, 3.63) is 77.1 Å². The molecule has 0 aliphatic heterocycles. The highest BCUT2D eigenvalue weighted by atomic mass is 35.5. The number of aryl methyl sites for hydroxylation is 1. The fourth-order valence-electron chi connectivity index (χ4n) is 3.13. The van der Waals surface area contributed by atoms with Gasteiger partial charge in [-0.15, -0.1) is 16.8 Å². The maximum atomic E-state index is 12.6. The first kappa shape index (κ1) is 23.9. The highest BCUT2D eigenvalue weighted by Crippen LogP contribution is 2.25. The van der Waals surface area contributed by atoms with Crippen LogP contribution < -0.4 is 10.1 Å². The monoisotopic (exact) mass is 470 g/mol. The molecule has 3 rings (SSSR count). The van der Waals surface area contributed by atoms with Crippen LogP contribution in [0.2, 0.25) is 5.02 Å². The number of halogens is 1. The second-order valence-corrected chi connectivity index (χ2v) is 8.93. The third kappa shape index (κ3) is 6.14. The number of carbonyl (C=O) groups excluding carboxylic acids is 1. The van der Waals surface area contributed by atoms with Crippen molar-refractivity contribution in [3.8, 4) is 5.75 Å². The third-order valence-electron chi connectivity index (χ3n) is 4.79. The van der Waals surface area contributed by atoms with Gasteiger partial charge >= 0.3 is 0 Å². The lowest BCUT2D eigenvalue weighted by atomic mass is 10.0. The van der Waals surface area contributed by atoms with E-state index in [-0.39, 0.29) is 18.3 Å². The molecule has 1 aromatic heterocycles. The van der Waals surface area contributed by atoms with Crippen molar-refractivity contribution in [1.29, 1.82) is 0 Å². The SMILES string of the molecule is C=CCn1c(COc2ccc(Cl)c(C)c2)nnc1SCC(=O)Nc1ccccc1C(C)C. The van der Waals surface area contributed by atoms with Gasteiger partial charge in [-0.3, -0.25) is 9.36 Å². The molecule has 1 heterocycles. The lowest BCUT2D eigenvalue weighted by Crippen LogP contribution is -2.16. The molecule has 0 atom stereocenters. The largest absolute Gasteiger partial charge is 0.486 e. The van der Waals surface area contributed by atoms with Gasteiger partial charge in [0.15, 0.2) is 11.0 Å². The molecular formula is C24H27ClN4O2S. The molecule has 0 saturated heterocycles. The Morgan fingerprint density at radius 1 is 1.28 bits per heavy atom. The van der Waals surface area contributed by atoms with Crippen LogP contribution in [0.1, 0.15) is 36.7 Å². The average molecular weight is 471 g/mol. The van der Waals surface area contributed by atoms with Gasteiger partial charge in [-0.1, -0.05) is 61.5 Å². The van der Waals surface area contributed by atoms with E-state index in [1.165, 1.54) is 11.8 Å². The summed E-state index contributed by atoms with van der Waals surface area (Å²) >= 11 is 7.41. The van der Waals surface area contributed by atoms with Gasteiger partial charge < -0.3 is 10.1 Å². The van der Waals surface area contributed by atoms with Crippen molar-refractivity contribution in [1.82, 2.24) is 14.8 Å². The van der Waals surface area contributed by atoms with E-state index in [0.29, 0.717) is 34.2 Å². The number of anilines is 1. The summed E-state index contributed by atoms with van der Waals surface area (Å²) in [5.74, 6) is 1.81. The molecule has 0 aliphatic rings. The normalized spacial score (nSPS) is 10.9. The number of ether oxygens (including phenoxy) is 1. The first-order valence-corrected chi connectivity index (χ1v) is 11.7. The van der Waals surface area contributed by atoms with E-state index in [1.54, 1.807) is 12.1 Å². The van der Waals surface area contributed by atoms with Gasteiger partial charge in [0.05, 0.1) is 5.75 Å². The zero-order valence-corrected chi connectivity index (χ0v) is 20.0. The Morgan fingerprint density at radius 3 is 2.78 bits per heavy atom. The maximum Gasteiger partial charge on any atom is 0.234 e. The number of nitrogens with one attached hydrogen (secondary N) is 1. The van der Waals surface area contributed by atoms with Gasteiger partial charge in [0.25, 0.3) is 0 Å². The van der Waals surface area contributed by atoms with E-state index in [2.05, 4.69) is 35.9 Å². The number of nitrogens with zero attached hydrogens (tertiary/aromatic N) is 3. The van der Waals surface area contributed by atoms with Crippen molar-refractivity contribution < 1.29 is 9.53 Å². The standard InChI is InChI=1S/C24H27ClN4O2S/c1-5-12-29-22(14-31-18-10-11-20(25)17(4)13-18)27-28-24(29)32-15-23(30)26-21-9-7-6-8-19(21)16(2)3/h5-11,13,16H,1,12,14-15H2,2-4H3,(H,26,30). The fourth-order valence-corrected chi connectivity index (χ4v) is 4.01. The number of rotatable bonds is 10. The molecule has 6 nitrogen and oxygen atoms in total. The van der Waals surface area contributed by atoms with Gasteiger partial charge in [0.1, 0.15) is 12.4 Å². The summed E-state index contributed by atoms with van der Waals surface area (Å²) in [5, 5.41) is 12.8. The maximum absolute atomic E-state index is 12.6. The quantitative estimate of drug-likeness (QED) is 0.297. The molecule has 0 radical (unpaired) electrons. The molecule has 1 N–H and O–H groups in total. The van der Waals surface area contributed by atoms with Crippen LogP contribution in [-0.4, -0.2) is 26.4 Å². The molecule has 3 aromatic rings. The smallest absolute Gasteiger partial charge is 0.234 e. The van der Waals surface area contributed by atoms with Gasteiger partial charge in [0, 0.05) is 17.3 Å². The Bertz CT molecular complexity index is 1100. The summed E-state index contributed by atoms with van der Waals surface area (Å²) in [6.07, 6.45) is 1.77. The minimum absolute atomic E-state index is 0.0920. The minimum Gasteiger partial charge on any atom is -0.486 e. The topological polar surface area (TPSA) is 69.0 Å². The average Bonchev–Trinajstić information content (AvgIpc) is 3.15. The van der Waals surface area contributed by atoms with E-state index in [9.17, 15) is 4.79 Å². The second-order valence-electron chi connectivity index (χ2n) is 7.58. The van der Waals surface area contributed by atoms with Crippen LogP contribution in [0.5, 0.6) is 5.75 Å². The van der Waals surface area contributed by atoms with Crippen LogP contribution in [-0.2, 0) is 17.9 Å². The Hall–Kier alpha value is -2.77. The van der Waals surface area contributed by atoms with Gasteiger partial charge in [-0.05, 0) is 48.2 Å². The predicted molar refractivity (Wildman–Crippen MR) is 131 cm³/mol. The molecule has 0 saturated carbocycles. The number of amides is 1. The number of benzene rings is 2. The summed E-state index contributed by atoms with van der Waals surface area (Å²) in [4.78, 5) is 12.6. The van der Waals surface area contributed by atoms with Crippen molar-refractivity contribution in [2.45, 2.75) is 45.0 Å². The van der Waals surface area contributed by atoms with Gasteiger partial charge in [0.2, 0.25) is 5.91 Å². The molecule has 1 amide bonds. The summed E-state index contributed by atoms with van der Waals surface area (Å²) in [5.41, 5.74) is 2.89. The van der Waals surface area contributed by atoms with E-state index in [1.807, 2.05) is 47.9 Å². The highest BCUT2D eigenvalue weighted by molar-refractivity contribution is 7.99. The van der Waals surface area contributed by atoms with Crippen LogP contribution in [0, 0.1) is 6.92 Å². The lowest BCUT2D eigenvalue weighted by Gasteiger charge is -2.13. The van der Waals surface area contributed by atoms with Crippen LogP contribution in [0.3, 0.4) is 0 Å². The van der Waals surface area contributed by atoms with E-state index >= 15 is 0 Å². The number of aromatic nitrogens is 3. The van der Waals surface area contributed by atoms with E-state index < -0.39 is 0 Å². The van der Waals surface area contributed by atoms with Crippen molar-refractivity contribution in [3.63, 3.8) is 0 Å². The van der Waals surface area contributed by atoms with Crippen molar-refractivity contribution in [2.75, 3.05) is 11.1 Å². The second kappa shape index (κ2) is 11.2. The molecule has 0 aliphatic carbocycles. The zero-order valence-electron chi connectivity index (χ0n) is 18.5. The highest BCUT2D eigenvalue weighted by Gasteiger charge is 2.15. The van der Waals surface area contributed by atoms with Crippen LogP contribution >= 0.6 is 23.4 Å². The van der Waals surface area contributed by atoms with E-state index in [0.717, 1.165) is 16.8 Å². The Labute approximate surface area is 198 Å². The summed E-state index contributed by atoms with van der Waals surface area (Å²) < 4.78 is 7.76. The molecule has 0 fully saturated rings. The minimum atomic E-state index is -0.0920. The number of allylic oxidation sites excluding steroid dienone is 1. The number of para-hydroxylation sites is 1. The lowest BCUT2D eigenvalue weighted by molar-refractivity contribution is -0.113. The Balaban J connectivity index is 1.64. The van der Waals surface area contributed by atoms with Crippen LogP contribution in [0.25, 0.3) is 0 Å². The molecule has 0 bridgehead atoms. The van der Waals surface area contributed by atoms with Crippen LogP contribution in [0.4, 0.5) is 5.69 Å². The van der Waals surface area contributed by atoms with Crippen molar-refractivity contribution >= 4 is 35.0 Å². The number of carbonyl (C=O) groups is 1. The van der Waals surface area contributed by atoms with Crippen LogP contribution in [0.15, 0.2) is 60.3 Å². The van der Waals surface area contributed by atoms with Gasteiger partial charge in [-0.2, -0.15) is 0 Å². The molecule has 2 aromatic carbocycles. The number of hydrogen-bond donors (Lipinski definition) is 1. The molecule has 0 spiro atoms. The van der Waals surface area contributed by atoms with Crippen molar-refractivity contribution in [2.24, 2.45) is 0 Å². The molecular weight excluding hydrogens is 444 g/mol. The first-order chi connectivity index (χ1) is 15.4. The zero-order chi connectivity index (χ0) is 23.1. The summed E-state index contributed by atoms with van der Waals surface area (Å²) in [7, 11) is 0. The summed E-state index contributed by atoms with van der Waals surface area (Å²) in [6, 6.07) is 13.4. The summed E-state index contributed by atoms with van der Waals surface area (Å²) in [6.45, 7) is 10.7. The number of hydrogen-bond acceptors (Lipinski definition) is 5. The fraction of sp³-hybridized carbons (Fsp3) is 0.292. The predicted octanol–water partition coefficient (Wildman–Crippen LogP) is 5.86. The Morgan fingerprint density at radius 2 is 2.06 bits per heavy atom. The molecule has 168 valence electrons. The molecule has 0 unspecified atom stereocenters. The third-order valence-corrected chi connectivity index (χ3v) is 6.18. The first-order valence-electron chi connectivity index (χ1n) is 10.3. The number of thioether (sulfide) groups is 1. The van der Waals surface area contributed by atoms with E-state index in [4.69, 9.17) is 16.3 Å².